The van der Waals surface area contributed by atoms with Crippen LogP contribution in [0.25, 0.3) is 0 Å². The molecule has 2 rings (SSSR count). The summed E-state index contributed by atoms with van der Waals surface area (Å²) in [4.78, 5) is 0. The summed E-state index contributed by atoms with van der Waals surface area (Å²) in [7, 11) is -5.17. The van der Waals surface area contributed by atoms with Crippen LogP contribution in [0.3, 0.4) is 0 Å². The highest BCUT2D eigenvalue weighted by Gasteiger charge is 2.59. The molecule has 2 aliphatic rings. The Kier molecular flexibility index (Phi) is 5.16. The zero-order valence-corrected chi connectivity index (χ0v) is 18.5. The second-order valence-electron chi connectivity index (χ2n) is 10.3. The van der Waals surface area contributed by atoms with Crippen LogP contribution in [-0.4, -0.2) is 34.7 Å². The lowest BCUT2D eigenvalue weighted by Crippen LogP contribution is -2.61. The summed E-state index contributed by atoms with van der Waals surface area (Å²) in [5.74, 6) is 0.320. The van der Waals surface area contributed by atoms with Gasteiger partial charge in [0.05, 0.1) is 18.0 Å². The van der Waals surface area contributed by atoms with E-state index in [-0.39, 0.29) is 22.5 Å². The summed E-state index contributed by atoms with van der Waals surface area (Å²) in [6, 6.07) is 0. The van der Waals surface area contributed by atoms with Crippen molar-refractivity contribution < 1.29 is 17.0 Å². The van der Waals surface area contributed by atoms with Gasteiger partial charge in [-0.05, 0) is 70.0 Å². The average Bonchev–Trinajstić information content (AvgIpc) is 2.28. The summed E-state index contributed by atoms with van der Waals surface area (Å²) < 4.78 is 36.1. The van der Waals surface area contributed by atoms with Gasteiger partial charge in [-0.2, -0.15) is 8.42 Å². The summed E-state index contributed by atoms with van der Waals surface area (Å²) in [5, 5.41) is 0. The molecule has 6 heteroatoms. The number of hydrogen-bond donors (Lipinski definition) is 0. The van der Waals surface area contributed by atoms with Gasteiger partial charge in [-0.15, -0.1) is 0 Å². The van der Waals surface area contributed by atoms with Crippen molar-refractivity contribution >= 4 is 18.4 Å². The monoisotopic (exact) mass is 376 g/mol. The van der Waals surface area contributed by atoms with E-state index in [9.17, 15) is 8.42 Å². The van der Waals surface area contributed by atoms with Crippen LogP contribution in [0.15, 0.2) is 0 Å². The predicted molar refractivity (Wildman–Crippen MR) is 101 cm³/mol. The summed E-state index contributed by atoms with van der Waals surface area (Å²) in [5.41, 5.74) is -0.277. The topological polar surface area (TPSA) is 52.6 Å². The van der Waals surface area contributed by atoms with Gasteiger partial charge < -0.3 is 4.43 Å². The van der Waals surface area contributed by atoms with Gasteiger partial charge in [0.15, 0.2) is 8.32 Å². The lowest BCUT2D eigenvalue weighted by Gasteiger charge is -2.61. The van der Waals surface area contributed by atoms with E-state index in [1.54, 1.807) is 0 Å². The first-order valence-electron chi connectivity index (χ1n) is 9.15. The van der Waals surface area contributed by atoms with E-state index in [4.69, 9.17) is 8.61 Å². The second kappa shape index (κ2) is 6.07. The standard InChI is InChI=1S/C18H36O4SSi/c1-16(2)12-14-17(3,15(13-16)21-23(5,19)20)10-9-11-18(14,4)22-24(6,7)8/h14-15H,9-13H2,1-8H3/t14?,15-,17-,18+/m1/s1. The molecule has 4 atom stereocenters. The van der Waals surface area contributed by atoms with E-state index in [1.165, 1.54) is 6.26 Å². The Morgan fingerprint density at radius 2 is 1.58 bits per heavy atom. The number of rotatable bonds is 4. The van der Waals surface area contributed by atoms with Gasteiger partial charge in [-0.3, -0.25) is 4.18 Å². The van der Waals surface area contributed by atoms with Crippen LogP contribution >= 0.6 is 0 Å². The Hall–Kier alpha value is 0.0869. The molecule has 0 heterocycles. The molecule has 142 valence electrons. The van der Waals surface area contributed by atoms with Gasteiger partial charge in [0.1, 0.15) is 0 Å². The van der Waals surface area contributed by atoms with Crippen molar-refractivity contribution in [2.75, 3.05) is 6.26 Å². The molecule has 0 amide bonds. The molecule has 2 saturated carbocycles. The average molecular weight is 377 g/mol. The molecule has 0 spiro atoms. The highest BCUT2D eigenvalue weighted by Crippen LogP contribution is 2.60. The summed E-state index contributed by atoms with van der Waals surface area (Å²) >= 11 is 0. The Morgan fingerprint density at radius 3 is 2.08 bits per heavy atom. The zero-order chi connectivity index (χ0) is 18.6. The minimum Gasteiger partial charge on any atom is -0.412 e. The Balaban J connectivity index is 2.44. The third-order valence-electron chi connectivity index (χ3n) is 5.98. The maximum absolute atomic E-state index is 11.9. The highest BCUT2D eigenvalue weighted by atomic mass is 32.2. The fraction of sp³-hybridized carbons (Fsp3) is 1.00. The molecule has 0 aromatic carbocycles. The molecule has 0 radical (unpaired) electrons. The minimum absolute atomic E-state index is 0.0565. The van der Waals surface area contributed by atoms with Crippen LogP contribution in [0.2, 0.25) is 19.6 Å². The van der Waals surface area contributed by atoms with Crippen molar-refractivity contribution in [3.8, 4) is 0 Å². The summed E-state index contributed by atoms with van der Waals surface area (Å²) in [6.07, 6.45) is 5.90. The van der Waals surface area contributed by atoms with Gasteiger partial charge in [-0.1, -0.05) is 20.8 Å². The maximum atomic E-state index is 11.9. The van der Waals surface area contributed by atoms with E-state index in [0.29, 0.717) is 5.92 Å². The largest absolute Gasteiger partial charge is 0.412 e. The van der Waals surface area contributed by atoms with Gasteiger partial charge >= 0.3 is 0 Å². The van der Waals surface area contributed by atoms with Gasteiger partial charge in [-0.25, -0.2) is 0 Å². The van der Waals surface area contributed by atoms with Crippen LogP contribution in [0, 0.1) is 16.7 Å². The molecule has 0 aromatic heterocycles. The van der Waals surface area contributed by atoms with Crippen LogP contribution in [0.4, 0.5) is 0 Å². The van der Waals surface area contributed by atoms with Crippen molar-refractivity contribution in [1.82, 2.24) is 0 Å². The fourth-order valence-electron chi connectivity index (χ4n) is 5.25. The molecule has 0 saturated heterocycles. The van der Waals surface area contributed by atoms with Crippen molar-refractivity contribution in [3.05, 3.63) is 0 Å². The summed E-state index contributed by atoms with van der Waals surface area (Å²) in [6.45, 7) is 15.7. The molecule has 0 aromatic rings. The molecule has 24 heavy (non-hydrogen) atoms. The van der Waals surface area contributed by atoms with Gasteiger partial charge in [0, 0.05) is 5.41 Å². The molecular formula is C18H36O4SSi. The van der Waals surface area contributed by atoms with E-state index in [1.807, 2.05) is 0 Å². The van der Waals surface area contributed by atoms with Gasteiger partial charge in [0.2, 0.25) is 0 Å². The first kappa shape index (κ1) is 20.4. The number of hydrogen-bond acceptors (Lipinski definition) is 4. The molecule has 4 nitrogen and oxygen atoms in total. The molecule has 2 aliphatic carbocycles. The lowest BCUT2D eigenvalue weighted by atomic mass is 9.50. The van der Waals surface area contributed by atoms with Crippen LogP contribution in [0.1, 0.15) is 59.8 Å². The molecule has 0 aliphatic heterocycles. The first-order valence-corrected chi connectivity index (χ1v) is 14.4. The van der Waals surface area contributed by atoms with Crippen LogP contribution < -0.4 is 0 Å². The Morgan fingerprint density at radius 1 is 1.00 bits per heavy atom. The first-order chi connectivity index (χ1) is 10.6. The minimum atomic E-state index is -3.47. The molecule has 1 unspecified atom stereocenters. The molecule has 0 N–H and O–H groups in total. The van der Waals surface area contributed by atoms with Crippen molar-refractivity contribution in [1.29, 1.82) is 0 Å². The van der Waals surface area contributed by atoms with Crippen molar-refractivity contribution in [3.63, 3.8) is 0 Å². The predicted octanol–water partition coefficient (Wildman–Crippen LogP) is 4.57. The van der Waals surface area contributed by atoms with E-state index in [0.717, 1.165) is 32.1 Å². The molecular weight excluding hydrogens is 340 g/mol. The molecule has 0 bridgehead atoms. The third kappa shape index (κ3) is 4.43. The van der Waals surface area contributed by atoms with Gasteiger partial charge in [0.25, 0.3) is 10.1 Å². The molecule has 2 fully saturated rings. The Labute approximate surface area is 149 Å². The fourth-order valence-corrected chi connectivity index (χ4v) is 7.60. The van der Waals surface area contributed by atoms with Crippen LogP contribution in [-0.2, 0) is 18.7 Å². The SMILES string of the molecule is CC1(C)CC2[C@@](C)(O[Si](C)(C)C)CCC[C@@]2(C)[C@H](OS(C)(=O)=O)C1. The van der Waals surface area contributed by atoms with Crippen molar-refractivity contribution in [2.45, 2.75) is 91.1 Å². The van der Waals surface area contributed by atoms with E-state index in [2.05, 4.69) is 47.3 Å². The van der Waals surface area contributed by atoms with E-state index >= 15 is 0 Å². The smallest absolute Gasteiger partial charge is 0.264 e. The third-order valence-corrected chi connectivity index (χ3v) is 7.64. The normalized spacial score (nSPS) is 40.2. The highest BCUT2D eigenvalue weighted by molar-refractivity contribution is 7.86. The van der Waals surface area contributed by atoms with Crippen molar-refractivity contribution in [2.24, 2.45) is 16.7 Å². The second-order valence-corrected chi connectivity index (χ2v) is 16.3. The Bertz CT molecular complexity index is 580. The quantitative estimate of drug-likeness (QED) is 0.533. The zero-order valence-electron chi connectivity index (χ0n) is 16.7. The maximum Gasteiger partial charge on any atom is 0.264 e. The van der Waals surface area contributed by atoms with E-state index < -0.39 is 18.4 Å². The lowest BCUT2D eigenvalue weighted by molar-refractivity contribution is -0.167. The van der Waals surface area contributed by atoms with Crippen LogP contribution in [0.5, 0.6) is 0 Å². The number of fused-ring (bicyclic) bond motifs is 1.